The lowest BCUT2D eigenvalue weighted by Crippen LogP contribution is -1.75. The van der Waals surface area contributed by atoms with E-state index in [0.29, 0.717) is 0 Å². The summed E-state index contributed by atoms with van der Waals surface area (Å²) in [6.45, 7) is 2.46. The molecule has 0 atom stereocenters. The molecular formula is C8H16OS. The number of aliphatic hydroxyl groups is 1. The van der Waals surface area contributed by atoms with Crippen LogP contribution in [0.2, 0.25) is 0 Å². The molecule has 60 valence electrons. The number of rotatable bonds is 6. The summed E-state index contributed by atoms with van der Waals surface area (Å²) >= 11 is 1.83. The van der Waals surface area contributed by atoms with Crippen molar-refractivity contribution in [3.8, 4) is 0 Å². The number of hydrogen-bond acceptors (Lipinski definition) is 2. The van der Waals surface area contributed by atoms with Crippen LogP contribution in [0.4, 0.5) is 0 Å². The molecule has 0 aromatic carbocycles. The predicted octanol–water partition coefficient (Wildman–Crippen LogP) is 2.42. The molecule has 0 aliphatic heterocycles. The minimum Gasteiger partial charge on any atom is -0.396 e. The highest BCUT2D eigenvalue weighted by atomic mass is 32.2. The Bertz CT molecular complexity index is 81.3. The van der Waals surface area contributed by atoms with Crippen LogP contribution in [0.1, 0.15) is 26.2 Å². The molecule has 10 heavy (non-hydrogen) atoms. The quantitative estimate of drug-likeness (QED) is 0.602. The second-order valence-corrected chi connectivity index (χ2v) is 3.12. The highest BCUT2D eigenvalue weighted by Gasteiger charge is 1.80. The summed E-state index contributed by atoms with van der Waals surface area (Å²) in [4.78, 5) is 0. The minimum atomic E-state index is 0.269. The summed E-state index contributed by atoms with van der Waals surface area (Å²) in [5.74, 6) is 1.21. The van der Waals surface area contributed by atoms with Crippen molar-refractivity contribution >= 4 is 11.8 Å². The van der Waals surface area contributed by atoms with Crippen LogP contribution in [0.25, 0.3) is 0 Å². The van der Waals surface area contributed by atoms with Crippen molar-refractivity contribution in [1.29, 1.82) is 0 Å². The van der Waals surface area contributed by atoms with Crippen molar-refractivity contribution in [2.45, 2.75) is 26.2 Å². The molecule has 0 aromatic rings. The largest absolute Gasteiger partial charge is 0.396 e. The molecule has 0 unspecified atom stereocenters. The van der Waals surface area contributed by atoms with Gasteiger partial charge < -0.3 is 5.11 Å². The molecule has 0 aromatic heterocycles. The summed E-state index contributed by atoms with van der Waals surface area (Å²) in [5, 5.41) is 10.5. The molecule has 1 nitrogen and oxygen atoms in total. The van der Waals surface area contributed by atoms with Gasteiger partial charge in [-0.15, -0.1) is 11.8 Å². The lowest BCUT2D eigenvalue weighted by Gasteiger charge is -1.90. The lowest BCUT2D eigenvalue weighted by molar-refractivity contribution is 0.302. The molecule has 0 fully saturated rings. The standard InChI is InChI=1S/C8H16OS/c1-2-3-7-10-8-5-4-6-9/h5,8-9H,2-4,6-7H2,1H3/b8-5-. The van der Waals surface area contributed by atoms with Crippen LogP contribution in [0.15, 0.2) is 11.5 Å². The van der Waals surface area contributed by atoms with E-state index in [1.807, 2.05) is 17.8 Å². The minimum absolute atomic E-state index is 0.269. The third kappa shape index (κ3) is 8.05. The zero-order valence-corrected chi connectivity index (χ0v) is 7.36. The SMILES string of the molecule is CCCCS/C=C\CCO. The summed E-state index contributed by atoms with van der Waals surface area (Å²) in [5.41, 5.74) is 0. The topological polar surface area (TPSA) is 20.2 Å². The first-order valence-electron chi connectivity index (χ1n) is 3.79. The Morgan fingerprint density at radius 3 is 2.90 bits per heavy atom. The number of hydrogen-bond donors (Lipinski definition) is 1. The van der Waals surface area contributed by atoms with Gasteiger partial charge in [-0.1, -0.05) is 19.4 Å². The molecule has 0 aliphatic carbocycles. The second kappa shape index (κ2) is 9.05. The molecule has 0 bridgehead atoms. The van der Waals surface area contributed by atoms with Crippen LogP contribution < -0.4 is 0 Å². The summed E-state index contributed by atoms with van der Waals surface area (Å²) < 4.78 is 0. The van der Waals surface area contributed by atoms with Crippen LogP contribution >= 0.6 is 11.8 Å². The van der Waals surface area contributed by atoms with Crippen LogP contribution in [0.5, 0.6) is 0 Å². The summed E-state index contributed by atoms with van der Waals surface area (Å²) in [6.07, 6.45) is 5.36. The third-order valence-electron chi connectivity index (χ3n) is 1.10. The van der Waals surface area contributed by atoms with E-state index in [-0.39, 0.29) is 6.61 Å². The maximum Gasteiger partial charge on any atom is 0.0465 e. The predicted molar refractivity (Wildman–Crippen MR) is 48.2 cm³/mol. The van der Waals surface area contributed by atoms with E-state index in [9.17, 15) is 0 Å². The van der Waals surface area contributed by atoms with E-state index < -0.39 is 0 Å². The molecule has 0 saturated carbocycles. The van der Waals surface area contributed by atoms with Gasteiger partial charge in [0.2, 0.25) is 0 Å². The Kier molecular flexibility index (Phi) is 9.10. The van der Waals surface area contributed by atoms with Crippen molar-refractivity contribution in [3.05, 3.63) is 11.5 Å². The molecule has 0 heterocycles. The van der Waals surface area contributed by atoms with Crippen molar-refractivity contribution < 1.29 is 5.11 Å². The maximum absolute atomic E-state index is 8.41. The number of thioether (sulfide) groups is 1. The van der Waals surface area contributed by atoms with E-state index in [2.05, 4.69) is 12.3 Å². The molecule has 0 radical (unpaired) electrons. The number of unbranched alkanes of at least 4 members (excludes halogenated alkanes) is 1. The van der Waals surface area contributed by atoms with Gasteiger partial charge in [0.1, 0.15) is 0 Å². The molecule has 0 aliphatic rings. The molecule has 0 spiro atoms. The van der Waals surface area contributed by atoms with Gasteiger partial charge in [0.25, 0.3) is 0 Å². The van der Waals surface area contributed by atoms with Crippen LogP contribution in [-0.2, 0) is 0 Å². The van der Waals surface area contributed by atoms with Crippen LogP contribution in [0, 0.1) is 0 Å². The van der Waals surface area contributed by atoms with Crippen molar-refractivity contribution in [3.63, 3.8) is 0 Å². The zero-order chi connectivity index (χ0) is 7.66. The van der Waals surface area contributed by atoms with Crippen molar-refractivity contribution in [2.24, 2.45) is 0 Å². The highest BCUT2D eigenvalue weighted by molar-refractivity contribution is 8.02. The fraction of sp³-hybridized carbons (Fsp3) is 0.750. The second-order valence-electron chi connectivity index (χ2n) is 2.11. The summed E-state index contributed by atoms with van der Waals surface area (Å²) in [7, 11) is 0. The molecule has 0 rings (SSSR count). The first-order valence-corrected chi connectivity index (χ1v) is 4.84. The van der Waals surface area contributed by atoms with Crippen molar-refractivity contribution in [1.82, 2.24) is 0 Å². The lowest BCUT2D eigenvalue weighted by atomic mass is 10.4. The summed E-state index contributed by atoms with van der Waals surface area (Å²) in [6, 6.07) is 0. The Morgan fingerprint density at radius 1 is 1.50 bits per heavy atom. The third-order valence-corrected chi connectivity index (χ3v) is 2.01. The van der Waals surface area contributed by atoms with Gasteiger partial charge in [0.05, 0.1) is 0 Å². The zero-order valence-electron chi connectivity index (χ0n) is 6.55. The molecule has 2 heteroatoms. The van der Waals surface area contributed by atoms with Gasteiger partial charge in [-0.05, 0) is 24.0 Å². The van der Waals surface area contributed by atoms with Crippen LogP contribution in [0.3, 0.4) is 0 Å². The van der Waals surface area contributed by atoms with E-state index in [1.165, 1.54) is 18.6 Å². The average molecular weight is 160 g/mol. The monoisotopic (exact) mass is 160 g/mol. The Balaban J connectivity index is 2.88. The fourth-order valence-electron chi connectivity index (χ4n) is 0.506. The molecule has 0 saturated heterocycles. The first kappa shape index (κ1) is 10.0. The van der Waals surface area contributed by atoms with Gasteiger partial charge in [-0.3, -0.25) is 0 Å². The highest BCUT2D eigenvalue weighted by Crippen LogP contribution is 2.05. The Labute approximate surface area is 67.5 Å². The van der Waals surface area contributed by atoms with Gasteiger partial charge in [-0.25, -0.2) is 0 Å². The van der Waals surface area contributed by atoms with E-state index >= 15 is 0 Å². The first-order chi connectivity index (χ1) is 4.91. The Morgan fingerprint density at radius 2 is 2.30 bits per heavy atom. The Hall–Kier alpha value is 0.0500. The van der Waals surface area contributed by atoms with Gasteiger partial charge >= 0.3 is 0 Å². The van der Waals surface area contributed by atoms with E-state index in [0.717, 1.165) is 6.42 Å². The maximum atomic E-state index is 8.41. The van der Waals surface area contributed by atoms with Gasteiger partial charge in [0, 0.05) is 6.61 Å². The van der Waals surface area contributed by atoms with E-state index in [1.54, 1.807) is 0 Å². The molecule has 1 N–H and O–H groups in total. The molecular weight excluding hydrogens is 144 g/mol. The average Bonchev–Trinajstić information content (AvgIpc) is 1.97. The van der Waals surface area contributed by atoms with Crippen molar-refractivity contribution in [2.75, 3.05) is 12.4 Å². The van der Waals surface area contributed by atoms with Crippen LogP contribution in [-0.4, -0.2) is 17.5 Å². The van der Waals surface area contributed by atoms with Gasteiger partial charge in [-0.2, -0.15) is 0 Å². The normalized spacial score (nSPS) is 11.0. The number of aliphatic hydroxyl groups excluding tert-OH is 1. The fourth-order valence-corrected chi connectivity index (χ4v) is 1.37. The smallest absolute Gasteiger partial charge is 0.0465 e. The molecule has 0 amide bonds. The van der Waals surface area contributed by atoms with Gasteiger partial charge in [0.15, 0.2) is 0 Å². The van der Waals surface area contributed by atoms with E-state index in [4.69, 9.17) is 5.11 Å².